The number of thioether (sulfide) groups is 1. The highest BCUT2D eigenvalue weighted by atomic mass is 35.5. The van der Waals surface area contributed by atoms with E-state index >= 15 is 0 Å². The van der Waals surface area contributed by atoms with Crippen LogP contribution in [0.2, 0.25) is 0 Å². The van der Waals surface area contributed by atoms with Crippen LogP contribution in [0.1, 0.15) is 5.56 Å². The molecule has 0 aliphatic heterocycles. The summed E-state index contributed by atoms with van der Waals surface area (Å²) < 4.78 is 37.1. The number of rotatable bonds is 4. The summed E-state index contributed by atoms with van der Waals surface area (Å²) in [4.78, 5) is 0.471. The lowest BCUT2D eigenvalue weighted by Crippen LogP contribution is -2.11. The maximum atomic E-state index is 12.4. The number of alkyl halides is 4. The fraction of sp³-hybridized carbons (Fsp3) is 0.400. The first-order valence-corrected chi connectivity index (χ1v) is 5.99. The number of aliphatic hydroxyl groups excluding tert-OH is 1. The van der Waals surface area contributed by atoms with Crippen LogP contribution in [0.4, 0.5) is 13.2 Å². The Balaban J connectivity index is 2.68. The Morgan fingerprint density at radius 3 is 2.62 bits per heavy atom. The summed E-state index contributed by atoms with van der Waals surface area (Å²) in [7, 11) is 0. The maximum absolute atomic E-state index is 12.4. The predicted molar refractivity (Wildman–Crippen MR) is 58.9 cm³/mol. The number of hydrogen-bond donors (Lipinski definition) is 1. The maximum Gasteiger partial charge on any atom is 0.416 e. The first kappa shape index (κ1) is 13.7. The molecule has 0 heterocycles. The molecule has 0 aliphatic carbocycles. The molecule has 90 valence electrons. The SMILES string of the molecule is OC(CCl)CSc1cccc(C(F)(F)F)c1. The summed E-state index contributed by atoms with van der Waals surface area (Å²) in [6.45, 7) is 0. The average Bonchev–Trinajstić information content (AvgIpc) is 2.25. The van der Waals surface area contributed by atoms with Gasteiger partial charge < -0.3 is 5.11 Å². The summed E-state index contributed by atoms with van der Waals surface area (Å²) in [6, 6.07) is 4.99. The molecule has 0 aliphatic rings. The quantitative estimate of drug-likeness (QED) is 0.668. The molecule has 0 radical (unpaired) electrons. The summed E-state index contributed by atoms with van der Waals surface area (Å²) >= 11 is 6.53. The Hall–Kier alpha value is -0.390. The monoisotopic (exact) mass is 270 g/mol. The molecule has 1 aromatic carbocycles. The lowest BCUT2D eigenvalue weighted by atomic mass is 10.2. The number of halogens is 4. The van der Waals surface area contributed by atoms with Crippen LogP contribution >= 0.6 is 23.4 Å². The molecule has 1 rings (SSSR count). The van der Waals surface area contributed by atoms with Gasteiger partial charge in [-0.25, -0.2) is 0 Å². The number of hydrogen-bond acceptors (Lipinski definition) is 2. The van der Waals surface area contributed by atoms with Gasteiger partial charge in [-0.1, -0.05) is 6.07 Å². The van der Waals surface area contributed by atoms with Crippen LogP contribution in [-0.2, 0) is 6.18 Å². The highest BCUT2D eigenvalue weighted by Gasteiger charge is 2.30. The first-order valence-electron chi connectivity index (χ1n) is 4.47. The van der Waals surface area contributed by atoms with E-state index in [9.17, 15) is 18.3 Å². The van der Waals surface area contributed by atoms with Gasteiger partial charge in [-0.15, -0.1) is 23.4 Å². The molecule has 1 aromatic rings. The van der Waals surface area contributed by atoms with Gasteiger partial charge in [-0.05, 0) is 18.2 Å². The van der Waals surface area contributed by atoms with Gasteiger partial charge in [0.1, 0.15) is 0 Å². The Labute approximate surface area is 101 Å². The van der Waals surface area contributed by atoms with Gasteiger partial charge in [0, 0.05) is 16.5 Å². The Morgan fingerprint density at radius 2 is 2.06 bits per heavy atom. The molecule has 16 heavy (non-hydrogen) atoms. The Bertz CT molecular complexity index is 343. The van der Waals surface area contributed by atoms with Gasteiger partial charge in [0.2, 0.25) is 0 Å². The molecule has 0 saturated heterocycles. The largest absolute Gasteiger partial charge is 0.416 e. The predicted octanol–water partition coefficient (Wildman–Crippen LogP) is 3.40. The van der Waals surface area contributed by atoms with Crippen LogP contribution < -0.4 is 0 Å². The van der Waals surface area contributed by atoms with E-state index < -0.39 is 17.8 Å². The van der Waals surface area contributed by atoms with E-state index in [4.69, 9.17) is 11.6 Å². The molecular weight excluding hydrogens is 261 g/mol. The van der Waals surface area contributed by atoms with Crippen molar-refractivity contribution in [1.82, 2.24) is 0 Å². The van der Waals surface area contributed by atoms with Crippen molar-refractivity contribution in [2.45, 2.75) is 17.2 Å². The molecule has 0 saturated carbocycles. The zero-order valence-corrected chi connectivity index (χ0v) is 9.74. The molecule has 1 unspecified atom stereocenters. The molecular formula is C10H10ClF3OS. The third kappa shape index (κ3) is 4.23. The molecule has 0 aromatic heterocycles. The molecule has 1 nitrogen and oxygen atoms in total. The average molecular weight is 271 g/mol. The topological polar surface area (TPSA) is 20.2 Å². The van der Waals surface area contributed by atoms with Crippen molar-refractivity contribution in [3.63, 3.8) is 0 Å². The standard InChI is InChI=1S/C10H10ClF3OS/c11-5-8(15)6-16-9-3-1-2-7(4-9)10(12,13)14/h1-4,8,15H,5-6H2. The summed E-state index contributed by atoms with van der Waals surface area (Å²) in [5.74, 6) is 0.358. The number of benzene rings is 1. The summed E-state index contributed by atoms with van der Waals surface area (Å²) in [5, 5.41) is 9.17. The molecule has 0 spiro atoms. The van der Waals surface area contributed by atoms with E-state index in [2.05, 4.69) is 0 Å². The minimum atomic E-state index is -4.33. The van der Waals surface area contributed by atoms with Gasteiger partial charge in [-0.3, -0.25) is 0 Å². The van der Waals surface area contributed by atoms with Crippen molar-refractivity contribution in [1.29, 1.82) is 0 Å². The second-order valence-corrected chi connectivity index (χ2v) is 4.55. The van der Waals surface area contributed by atoms with E-state index in [1.807, 2.05) is 0 Å². The molecule has 1 N–H and O–H groups in total. The molecule has 0 fully saturated rings. The lowest BCUT2D eigenvalue weighted by Gasteiger charge is -2.09. The van der Waals surface area contributed by atoms with Crippen molar-refractivity contribution >= 4 is 23.4 Å². The Kier molecular flexibility index (Phi) is 4.95. The summed E-state index contributed by atoms with van der Waals surface area (Å²) in [6.07, 6.45) is -5.04. The second kappa shape index (κ2) is 5.80. The number of aliphatic hydroxyl groups is 1. The van der Waals surface area contributed by atoms with Crippen LogP contribution in [0.15, 0.2) is 29.2 Å². The minimum absolute atomic E-state index is 0.0754. The molecule has 6 heteroatoms. The van der Waals surface area contributed by atoms with Gasteiger partial charge in [0.25, 0.3) is 0 Å². The van der Waals surface area contributed by atoms with Crippen LogP contribution in [0, 0.1) is 0 Å². The molecule has 0 bridgehead atoms. The normalized spacial score (nSPS) is 13.8. The highest BCUT2D eigenvalue weighted by Crippen LogP contribution is 2.31. The van der Waals surface area contributed by atoms with Crippen molar-refractivity contribution in [2.24, 2.45) is 0 Å². The van der Waals surface area contributed by atoms with Crippen molar-refractivity contribution in [3.8, 4) is 0 Å². The third-order valence-corrected chi connectivity index (χ3v) is 3.28. The van der Waals surface area contributed by atoms with Crippen LogP contribution in [0.3, 0.4) is 0 Å². The first-order chi connectivity index (χ1) is 7.43. The smallest absolute Gasteiger partial charge is 0.391 e. The fourth-order valence-corrected chi connectivity index (χ4v) is 2.13. The van der Waals surface area contributed by atoms with Gasteiger partial charge in [-0.2, -0.15) is 13.2 Å². The van der Waals surface area contributed by atoms with E-state index in [1.165, 1.54) is 6.07 Å². The van der Waals surface area contributed by atoms with Crippen molar-refractivity contribution in [2.75, 3.05) is 11.6 Å². The zero-order valence-electron chi connectivity index (χ0n) is 8.17. The second-order valence-electron chi connectivity index (χ2n) is 3.14. The van der Waals surface area contributed by atoms with Gasteiger partial charge in [0.15, 0.2) is 0 Å². The van der Waals surface area contributed by atoms with E-state index in [-0.39, 0.29) is 11.6 Å². The van der Waals surface area contributed by atoms with E-state index in [0.717, 1.165) is 23.9 Å². The highest BCUT2D eigenvalue weighted by molar-refractivity contribution is 7.99. The third-order valence-electron chi connectivity index (χ3n) is 1.78. The van der Waals surface area contributed by atoms with E-state index in [0.29, 0.717) is 4.90 Å². The van der Waals surface area contributed by atoms with Gasteiger partial charge >= 0.3 is 6.18 Å². The van der Waals surface area contributed by atoms with Gasteiger partial charge in [0.05, 0.1) is 11.7 Å². The minimum Gasteiger partial charge on any atom is -0.391 e. The fourth-order valence-electron chi connectivity index (χ4n) is 0.999. The molecule has 1 atom stereocenters. The van der Waals surface area contributed by atoms with Crippen LogP contribution in [-0.4, -0.2) is 22.8 Å². The molecule has 0 amide bonds. The summed E-state index contributed by atoms with van der Waals surface area (Å²) in [5.41, 5.74) is -0.683. The Morgan fingerprint density at radius 1 is 1.38 bits per heavy atom. The lowest BCUT2D eigenvalue weighted by molar-refractivity contribution is -0.137. The zero-order chi connectivity index (χ0) is 12.2. The van der Waals surface area contributed by atoms with Crippen molar-refractivity contribution < 1.29 is 18.3 Å². The van der Waals surface area contributed by atoms with E-state index in [1.54, 1.807) is 6.07 Å². The van der Waals surface area contributed by atoms with Crippen molar-refractivity contribution in [3.05, 3.63) is 29.8 Å². The van der Waals surface area contributed by atoms with Crippen LogP contribution in [0.5, 0.6) is 0 Å². The van der Waals surface area contributed by atoms with Crippen LogP contribution in [0.25, 0.3) is 0 Å².